The second-order valence-electron chi connectivity index (χ2n) is 4.55. The van der Waals surface area contributed by atoms with Crippen LogP contribution in [0.4, 0.5) is 0 Å². The van der Waals surface area contributed by atoms with Crippen molar-refractivity contribution in [3.8, 4) is 0 Å². The van der Waals surface area contributed by atoms with Crippen LogP contribution in [0.1, 0.15) is 5.76 Å². The molecule has 0 bridgehead atoms. The summed E-state index contributed by atoms with van der Waals surface area (Å²) in [7, 11) is 3.40. The molecule has 0 radical (unpaired) electrons. The van der Waals surface area contributed by atoms with Gasteiger partial charge < -0.3 is 4.42 Å². The highest BCUT2D eigenvalue weighted by atomic mass is 32.2. The average Bonchev–Trinajstić information content (AvgIpc) is 3.08. The number of likely N-dealkylation sites (N-methyl/N-ethyl adjacent to an activating group) is 1. The van der Waals surface area contributed by atoms with E-state index in [1.165, 1.54) is 11.8 Å². The lowest BCUT2D eigenvalue weighted by Crippen LogP contribution is -2.23. The van der Waals surface area contributed by atoms with Gasteiger partial charge in [0.25, 0.3) is 5.91 Å². The Labute approximate surface area is 137 Å². The normalized spacial score (nSPS) is 18.6. The number of benzene rings is 1. The number of amides is 1. The lowest BCUT2D eigenvalue weighted by Gasteiger charge is -2.04. The fourth-order valence-corrected chi connectivity index (χ4v) is 3.66. The van der Waals surface area contributed by atoms with Crippen LogP contribution >= 0.6 is 23.5 Å². The number of nitrogens with zero attached hydrogens (tertiary/aromatic N) is 2. The molecular weight excluding hydrogens is 316 g/mol. The third kappa shape index (κ3) is 3.13. The van der Waals surface area contributed by atoms with Crippen LogP contribution in [0.3, 0.4) is 0 Å². The van der Waals surface area contributed by atoms with Gasteiger partial charge in [0.05, 0.1) is 4.91 Å². The van der Waals surface area contributed by atoms with Gasteiger partial charge in [0.15, 0.2) is 10.3 Å². The van der Waals surface area contributed by atoms with Gasteiger partial charge in [-0.3, -0.25) is 14.7 Å². The third-order valence-electron chi connectivity index (χ3n) is 3.03. The van der Waals surface area contributed by atoms with Gasteiger partial charge in [-0.15, -0.1) is 0 Å². The zero-order chi connectivity index (χ0) is 15.5. The van der Waals surface area contributed by atoms with E-state index in [1.807, 2.05) is 42.5 Å². The molecule has 1 aromatic heterocycles. The molecule has 2 heterocycles. The lowest BCUT2D eigenvalue weighted by molar-refractivity contribution is -0.121. The van der Waals surface area contributed by atoms with Crippen LogP contribution in [-0.2, 0) is 4.79 Å². The predicted octanol–water partition coefficient (Wildman–Crippen LogP) is 3.96. The summed E-state index contributed by atoms with van der Waals surface area (Å²) in [5.74, 6) is 0.610. The first-order valence-electron chi connectivity index (χ1n) is 6.64. The summed E-state index contributed by atoms with van der Waals surface area (Å²) in [6.07, 6.45) is 1.76. The predicted molar refractivity (Wildman–Crippen MR) is 91.0 cm³/mol. The molecule has 0 saturated carbocycles. The van der Waals surface area contributed by atoms with Crippen LogP contribution in [0.5, 0.6) is 0 Å². The van der Waals surface area contributed by atoms with Crippen LogP contribution in [0.2, 0.25) is 0 Å². The molecule has 1 aliphatic rings. The highest BCUT2D eigenvalue weighted by Crippen LogP contribution is 2.33. The van der Waals surface area contributed by atoms with Gasteiger partial charge in [0.2, 0.25) is 0 Å². The highest BCUT2D eigenvalue weighted by Gasteiger charge is 2.29. The van der Waals surface area contributed by atoms with Crippen molar-refractivity contribution < 1.29 is 9.21 Å². The fourth-order valence-electron chi connectivity index (χ4n) is 1.95. The molecule has 0 aliphatic carbocycles. The molecule has 0 atom stereocenters. The van der Waals surface area contributed by atoms with E-state index in [9.17, 15) is 4.79 Å². The second kappa shape index (κ2) is 6.46. The molecule has 4 nitrogen and oxygen atoms in total. The first-order valence-corrected chi connectivity index (χ1v) is 8.28. The van der Waals surface area contributed by atoms with Gasteiger partial charge in [0, 0.05) is 25.1 Å². The molecule has 1 aliphatic heterocycles. The second-order valence-corrected chi connectivity index (χ2v) is 6.64. The molecule has 1 aromatic carbocycles. The van der Waals surface area contributed by atoms with Gasteiger partial charge >= 0.3 is 0 Å². The molecule has 0 unspecified atom stereocenters. The number of hydrogen-bond acceptors (Lipinski definition) is 5. The minimum absolute atomic E-state index is 0.0562. The number of carbonyl (C=O) groups is 1. The van der Waals surface area contributed by atoms with Crippen LogP contribution in [-0.4, -0.2) is 30.1 Å². The van der Waals surface area contributed by atoms with Crippen molar-refractivity contribution in [1.29, 1.82) is 0 Å². The Morgan fingerprint density at radius 2 is 2.00 bits per heavy atom. The molecule has 0 N–H and O–H groups in total. The summed E-state index contributed by atoms with van der Waals surface area (Å²) in [5.41, 5.74) is 0. The van der Waals surface area contributed by atoms with E-state index < -0.39 is 0 Å². The summed E-state index contributed by atoms with van der Waals surface area (Å²) in [4.78, 5) is 19.4. The number of amidine groups is 1. The monoisotopic (exact) mass is 330 g/mol. The van der Waals surface area contributed by atoms with Crippen LogP contribution < -0.4 is 0 Å². The van der Waals surface area contributed by atoms with Crippen LogP contribution in [0.25, 0.3) is 6.08 Å². The molecule has 1 fully saturated rings. The summed E-state index contributed by atoms with van der Waals surface area (Å²) in [5, 5.41) is 1.49. The van der Waals surface area contributed by atoms with Crippen molar-refractivity contribution in [2.45, 2.75) is 9.99 Å². The standard InChI is InChI=1S/C16H14N2O2S2/c1-17-16-18(2)15(19)13(22-16)10-11-8-9-14(20-11)21-12-6-4-3-5-7-12/h3-10H,1-2H3/b13-10+,17-16?. The fraction of sp³-hybridized carbons (Fsp3) is 0.125. The molecule has 1 saturated heterocycles. The highest BCUT2D eigenvalue weighted by molar-refractivity contribution is 8.18. The number of thioether (sulfide) groups is 1. The SMILES string of the molecule is CN=C1S/C(=C/c2ccc(Sc3ccccc3)o2)C(=O)N1C. The van der Waals surface area contributed by atoms with Crippen molar-refractivity contribution in [3.63, 3.8) is 0 Å². The number of carbonyl (C=O) groups excluding carboxylic acids is 1. The van der Waals surface area contributed by atoms with E-state index in [0.29, 0.717) is 15.8 Å². The topological polar surface area (TPSA) is 45.8 Å². The molecule has 0 spiro atoms. The lowest BCUT2D eigenvalue weighted by atomic mass is 10.4. The molecule has 1 amide bonds. The summed E-state index contributed by atoms with van der Waals surface area (Å²) < 4.78 is 5.76. The van der Waals surface area contributed by atoms with Crippen LogP contribution in [0, 0.1) is 0 Å². The quantitative estimate of drug-likeness (QED) is 0.799. The number of furan rings is 1. The molecule has 3 rings (SSSR count). The van der Waals surface area contributed by atoms with E-state index in [1.54, 1.807) is 36.8 Å². The smallest absolute Gasteiger partial charge is 0.266 e. The Hall–Kier alpha value is -1.92. The molecule has 22 heavy (non-hydrogen) atoms. The zero-order valence-electron chi connectivity index (χ0n) is 12.1. The molecule has 2 aromatic rings. The van der Waals surface area contributed by atoms with E-state index >= 15 is 0 Å². The first-order chi connectivity index (χ1) is 10.7. The summed E-state index contributed by atoms with van der Waals surface area (Å²) in [6.45, 7) is 0. The molecule has 6 heteroatoms. The number of hydrogen-bond donors (Lipinski definition) is 0. The van der Waals surface area contributed by atoms with Crippen molar-refractivity contribution >= 4 is 40.7 Å². The maximum Gasteiger partial charge on any atom is 0.266 e. The Morgan fingerprint density at radius 3 is 2.68 bits per heavy atom. The van der Waals surface area contributed by atoms with Gasteiger partial charge in [-0.1, -0.05) is 30.0 Å². The van der Waals surface area contributed by atoms with Gasteiger partial charge in [-0.2, -0.15) is 0 Å². The van der Waals surface area contributed by atoms with E-state index in [2.05, 4.69) is 4.99 Å². The van der Waals surface area contributed by atoms with Crippen molar-refractivity contribution in [2.75, 3.05) is 14.1 Å². The molecule has 112 valence electrons. The Bertz CT molecular complexity index is 751. The minimum atomic E-state index is -0.0562. The van der Waals surface area contributed by atoms with Crippen molar-refractivity contribution in [3.05, 3.63) is 53.1 Å². The Balaban J connectivity index is 1.77. The van der Waals surface area contributed by atoms with Gasteiger partial charge in [-0.05, 0) is 36.0 Å². The first kappa shape index (κ1) is 15.0. The van der Waals surface area contributed by atoms with Crippen molar-refractivity contribution in [2.24, 2.45) is 4.99 Å². The van der Waals surface area contributed by atoms with Crippen molar-refractivity contribution in [1.82, 2.24) is 4.90 Å². The van der Waals surface area contributed by atoms with E-state index in [4.69, 9.17) is 4.42 Å². The molecular formula is C16H14N2O2S2. The van der Waals surface area contributed by atoms with E-state index in [-0.39, 0.29) is 5.91 Å². The Kier molecular flexibility index (Phi) is 4.40. The van der Waals surface area contributed by atoms with Gasteiger partial charge in [-0.25, -0.2) is 0 Å². The third-order valence-corrected chi connectivity index (χ3v) is 5.11. The average molecular weight is 330 g/mol. The van der Waals surface area contributed by atoms with Crippen LogP contribution in [0.15, 0.2) is 66.8 Å². The maximum atomic E-state index is 12.1. The zero-order valence-corrected chi connectivity index (χ0v) is 13.8. The Morgan fingerprint density at radius 1 is 1.23 bits per heavy atom. The van der Waals surface area contributed by atoms with Gasteiger partial charge in [0.1, 0.15) is 5.76 Å². The number of rotatable bonds is 3. The largest absolute Gasteiger partial charge is 0.450 e. The minimum Gasteiger partial charge on any atom is -0.450 e. The van der Waals surface area contributed by atoms with E-state index in [0.717, 1.165) is 9.99 Å². The summed E-state index contributed by atoms with van der Waals surface area (Å²) in [6, 6.07) is 13.8. The number of aliphatic imine (C=N–C) groups is 1. The summed E-state index contributed by atoms with van der Waals surface area (Å²) >= 11 is 2.91. The maximum absolute atomic E-state index is 12.1.